The molecule has 1 saturated heterocycles. The summed E-state index contributed by atoms with van der Waals surface area (Å²) in [5.41, 5.74) is 3.05. The van der Waals surface area contributed by atoms with Crippen molar-refractivity contribution in [2.24, 2.45) is 0 Å². The number of nitrogens with one attached hydrogen (secondary N) is 2. The fourth-order valence-electron chi connectivity index (χ4n) is 3.60. The van der Waals surface area contributed by atoms with Crippen molar-refractivity contribution in [3.63, 3.8) is 0 Å². The Morgan fingerprint density at radius 1 is 1.13 bits per heavy atom. The highest BCUT2D eigenvalue weighted by atomic mass is 35.5. The molecule has 1 aromatic heterocycles. The van der Waals surface area contributed by atoms with E-state index in [4.69, 9.17) is 16.0 Å². The van der Waals surface area contributed by atoms with Gasteiger partial charge in [0.2, 0.25) is 5.89 Å². The summed E-state index contributed by atoms with van der Waals surface area (Å²) >= 11 is 6.44. The number of hydrogen-bond donors (Lipinski definition) is 2. The first-order valence-electron chi connectivity index (χ1n) is 10.4. The Morgan fingerprint density at radius 3 is 2.65 bits per heavy atom. The van der Waals surface area contributed by atoms with Crippen molar-refractivity contribution in [3.05, 3.63) is 65.3 Å². The van der Waals surface area contributed by atoms with Gasteiger partial charge in [0, 0.05) is 37.3 Å². The molecule has 31 heavy (non-hydrogen) atoms. The quantitative estimate of drug-likeness (QED) is 0.529. The van der Waals surface area contributed by atoms with Crippen LogP contribution in [0.25, 0.3) is 11.5 Å². The van der Waals surface area contributed by atoms with E-state index in [9.17, 15) is 9.18 Å². The zero-order chi connectivity index (χ0) is 21.6. The van der Waals surface area contributed by atoms with E-state index in [2.05, 4.69) is 20.5 Å². The molecule has 1 aliphatic heterocycles. The van der Waals surface area contributed by atoms with Crippen molar-refractivity contribution >= 4 is 29.0 Å². The minimum atomic E-state index is -0.316. The SMILES string of the molecule is O=C(NCCc1coc(-c2ccc(F)cc2)n1)Nc1ccc(N2CCCCC2)c(Cl)c1. The lowest BCUT2D eigenvalue weighted by molar-refractivity contribution is 0.252. The maximum atomic E-state index is 13.0. The number of rotatable bonds is 6. The van der Waals surface area contributed by atoms with E-state index < -0.39 is 0 Å². The van der Waals surface area contributed by atoms with Gasteiger partial charge in [-0.05, 0) is 61.7 Å². The van der Waals surface area contributed by atoms with Crippen LogP contribution in [0.5, 0.6) is 0 Å². The maximum absolute atomic E-state index is 13.0. The summed E-state index contributed by atoms with van der Waals surface area (Å²) < 4.78 is 18.5. The van der Waals surface area contributed by atoms with Gasteiger partial charge in [-0.2, -0.15) is 0 Å². The number of carbonyl (C=O) groups excluding carboxylic acids is 1. The highest BCUT2D eigenvalue weighted by Crippen LogP contribution is 2.30. The molecule has 0 unspecified atom stereocenters. The predicted octanol–water partition coefficient (Wildman–Crippen LogP) is 5.49. The van der Waals surface area contributed by atoms with Gasteiger partial charge in [0.1, 0.15) is 12.1 Å². The number of halogens is 2. The third kappa shape index (κ3) is 5.55. The molecular weight excluding hydrogens is 419 g/mol. The van der Waals surface area contributed by atoms with Gasteiger partial charge in [-0.1, -0.05) is 11.6 Å². The van der Waals surface area contributed by atoms with Crippen LogP contribution in [0.3, 0.4) is 0 Å². The molecule has 6 nitrogen and oxygen atoms in total. The van der Waals surface area contributed by atoms with E-state index in [1.807, 2.05) is 12.1 Å². The molecular formula is C23H24ClFN4O2. The number of carbonyl (C=O) groups is 1. The van der Waals surface area contributed by atoms with Crippen LogP contribution in [-0.2, 0) is 6.42 Å². The molecule has 0 radical (unpaired) electrons. The molecule has 0 aliphatic carbocycles. The number of piperidine rings is 1. The first kappa shape index (κ1) is 21.2. The molecule has 2 N–H and O–H groups in total. The van der Waals surface area contributed by atoms with Gasteiger partial charge < -0.3 is 20.0 Å². The first-order valence-corrected chi connectivity index (χ1v) is 10.8. The smallest absolute Gasteiger partial charge is 0.319 e. The van der Waals surface area contributed by atoms with Gasteiger partial charge in [-0.15, -0.1) is 0 Å². The Hall–Kier alpha value is -3.06. The largest absolute Gasteiger partial charge is 0.444 e. The van der Waals surface area contributed by atoms with Crippen molar-refractivity contribution in [1.29, 1.82) is 0 Å². The Labute approximate surface area is 185 Å². The van der Waals surface area contributed by atoms with E-state index in [1.165, 1.54) is 37.7 Å². The second kappa shape index (κ2) is 9.83. The summed E-state index contributed by atoms with van der Waals surface area (Å²) in [7, 11) is 0. The van der Waals surface area contributed by atoms with Crippen LogP contribution in [0, 0.1) is 5.82 Å². The zero-order valence-electron chi connectivity index (χ0n) is 17.0. The molecule has 1 fully saturated rings. The van der Waals surface area contributed by atoms with E-state index in [1.54, 1.807) is 18.2 Å². The number of aromatic nitrogens is 1. The van der Waals surface area contributed by atoms with E-state index >= 15 is 0 Å². The number of benzene rings is 2. The maximum Gasteiger partial charge on any atom is 0.319 e. The molecule has 3 aromatic rings. The molecule has 4 rings (SSSR count). The number of anilines is 2. The van der Waals surface area contributed by atoms with Gasteiger partial charge in [-0.25, -0.2) is 14.2 Å². The third-order valence-electron chi connectivity index (χ3n) is 5.21. The average molecular weight is 443 g/mol. The molecule has 1 aliphatic rings. The molecule has 0 saturated carbocycles. The number of oxazole rings is 1. The van der Waals surface area contributed by atoms with Gasteiger partial charge >= 0.3 is 6.03 Å². The Balaban J connectivity index is 1.26. The highest BCUT2D eigenvalue weighted by molar-refractivity contribution is 6.33. The standard InChI is InChI=1S/C23H24ClFN4O2/c24-20-14-18(8-9-21(20)29-12-2-1-3-13-29)28-23(30)26-11-10-19-15-31-22(27-19)16-4-6-17(25)7-5-16/h4-9,14-15H,1-3,10-13H2,(H2,26,28,30). The summed E-state index contributed by atoms with van der Waals surface area (Å²) in [6, 6.07) is 11.2. The Morgan fingerprint density at radius 2 is 1.90 bits per heavy atom. The molecule has 0 spiro atoms. The van der Waals surface area contributed by atoms with Gasteiger partial charge in [-0.3, -0.25) is 0 Å². The van der Waals surface area contributed by atoms with Crippen molar-refractivity contribution < 1.29 is 13.6 Å². The molecule has 2 amide bonds. The van der Waals surface area contributed by atoms with Gasteiger partial charge in [0.15, 0.2) is 0 Å². The van der Waals surface area contributed by atoms with Crippen LogP contribution in [-0.4, -0.2) is 30.6 Å². The molecule has 2 heterocycles. The topological polar surface area (TPSA) is 70.4 Å². The van der Waals surface area contributed by atoms with Crippen LogP contribution in [0.4, 0.5) is 20.6 Å². The lowest BCUT2D eigenvalue weighted by Crippen LogP contribution is -2.31. The van der Waals surface area contributed by atoms with Crippen LogP contribution < -0.4 is 15.5 Å². The normalized spacial score (nSPS) is 13.8. The van der Waals surface area contributed by atoms with Crippen molar-refractivity contribution in [3.8, 4) is 11.5 Å². The number of urea groups is 1. The summed E-state index contributed by atoms with van der Waals surface area (Å²) in [6.45, 7) is 2.41. The summed E-state index contributed by atoms with van der Waals surface area (Å²) in [4.78, 5) is 18.9. The predicted molar refractivity (Wildman–Crippen MR) is 120 cm³/mol. The zero-order valence-corrected chi connectivity index (χ0v) is 17.8. The molecule has 0 bridgehead atoms. The first-order chi connectivity index (χ1) is 15.1. The number of amides is 2. The number of nitrogens with zero attached hydrogens (tertiary/aromatic N) is 2. The molecule has 2 aromatic carbocycles. The molecule has 0 atom stereocenters. The summed E-state index contributed by atoms with van der Waals surface area (Å²) in [5.74, 6) is 0.107. The van der Waals surface area contributed by atoms with Crippen LogP contribution in [0.1, 0.15) is 25.0 Å². The average Bonchev–Trinajstić information content (AvgIpc) is 3.24. The summed E-state index contributed by atoms with van der Waals surface area (Å²) in [6.07, 6.45) is 5.66. The fourth-order valence-corrected chi connectivity index (χ4v) is 3.90. The minimum absolute atomic E-state index is 0.312. The van der Waals surface area contributed by atoms with Crippen LogP contribution in [0.2, 0.25) is 5.02 Å². The lowest BCUT2D eigenvalue weighted by atomic mass is 10.1. The van der Waals surface area contributed by atoms with Gasteiger partial charge in [0.25, 0.3) is 0 Å². The summed E-state index contributed by atoms with van der Waals surface area (Å²) in [5, 5.41) is 6.24. The van der Waals surface area contributed by atoms with Crippen LogP contribution >= 0.6 is 11.6 Å². The van der Waals surface area contributed by atoms with E-state index in [0.29, 0.717) is 40.8 Å². The van der Waals surface area contributed by atoms with E-state index in [0.717, 1.165) is 18.8 Å². The van der Waals surface area contributed by atoms with Crippen molar-refractivity contribution in [2.75, 3.05) is 29.9 Å². The lowest BCUT2D eigenvalue weighted by Gasteiger charge is -2.29. The Bertz CT molecular complexity index is 1030. The van der Waals surface area contributed by atoms with Crippen molar-refractivity contribution in [1.82, 2.24) is 10.3 Å². The minimum Gasteiger partial charge on any atom is -0.444 e. The van der Waals surface area contributed by atoms with Crippen molar-refractivity contribution in [2.45, 2.75) is 25.7 Å². The van der Waals surface area contributed by atoms with E-state index in [-0.39, 0.29) is 11.8 Å². The van der Waals surface area contributed by atoms with Gasteiger partial charge in [0.05, 0.1) is 16.4 Å². The van der Waals surface area contributed by atoms with Crippen LogP contribution in [0.15, 0.2) is 53.1 Å². The molecule has 8 heteroatoms. The number of hydrogen-bond acceptors (Lipinski definition) is 4. The second-order valence-electron chi connectivity index (χ2n) is 7.50. The Kier molecular flexibility index (Phi) is 6.72. The fraction of sp³-hybridized carbons (Fsp3) is 0.304. The monoisotopic (exact) mass is 442 g/mol. The third-order valence-corrected chi connectivity index (χ3v) is 5.51. The second-order valence-corrected chi connectivity index (χ2v) is 7.90. The highest BCUT2D eigenvalue weighted by Gasteiger charge is 2.14. The molecule has 162 valence electrons.